The Morgan fingerprint density at radius 2 is 1.45 bits per heavy atom. The summed E-state index contributed by atoms with van der Waals surface area (Å²) in [5.41, 5.74) is 7.63. The van der Waals surface area contributed by atoms with Crippen LogP contribution in [0.2, 0.25) is 0 Å². The summed E-state index contributed by atoms with van der Waals surface area (Å²) in [6, 6.07) is 23.4. The number of rotatable bonds is 8. The molecule has 0 saturated carbocycles. The minimum absolute atomic E-state index is 0.273. The number of aryl methyl sites for hydroxylation is 3. The van der Waals surface area contributed by atoms with Crippen LogP contribution < -0.4 is 14.2 Å². The minimum Gasteiger partial charge on any atom is -0.493 e. The zero-order valence-electron chi connectivity index (χ0n) is 23.6. The molecule has 0 radical (unpaired) electrons. The van der Waals surface area contributed by atoms with Gasteiger partial charge in [0.25, 0.3) is 0 Å². The van der Waals surface area contributed by atoms with Crippen molar-refractivity contribution in [1.82, 2.24) is 0 Å². The molecule has 0 aromatic heterocycles. The number of methoxy groups -OCH3 is 3. The third-order valence-corrected chi connectivity index (χ3v) is 8.53. The highest BCUT2D eigenvalue weighted by molar-refractivity contribution is 7.85. The first-order valence-corrected chi connectivity index (χ1v) is 14.2. The van der Waals surface area contributed by atoms with E-state index in [1.54, 1.807) is 21.3 Å². The van der Waals surface area contributed by atoms with Gasteiger partial charge < -0.3 is 18.9 Å². The molecule has 1 aliphatic heterocycles. The molecule has 0 fully saturated rings. The second-order valence-electron chi connectivity index (χ2n) is 9.78. The first-order chi connectivity index (χ1) is 19.3. The summed E-state index contributed by atoms with van der Waals surface area (Å²) in [5, 5.41) is 0. The van der Waals surface area contributed by atoms with E-state index < -0.39 is 10.8 Å². The molecule has 206 valence electrons. The van der Waals surface area contributed by atoms with Crippen molar-refractivity contribution in [3.63, 3.8) is 0 Å². The van der Waals surface area contributed by atoms with Crippen LogP contribution in [0.15, 0.2) is 87.6 Å². The van der Waals surface area contributed by atoms with Crippen molar-refractivity contribution in [2.24, 2.45) is 4.99 Å². The van der Waals surface area contributed by atoms with Crippen LogP contribution >= 0.6 is 0 Å². The Labute approximate surface area is 238 Å². The van der Waals surface area contributed by atoms with Gasteiger partial charge in [-0.05, 0) is 85.0 Å². The summed E-state index contributed by atoms with van der Waals surface area (Å²) < 4.78 is 36.3. The fourth-order valence-electron chi connectivity index (χ4n) is 5.30. The monoisotopic (exact) mass is 555 g/mol. The van der Waals surface area contributed by atoms with Crippen molar-refractivity contribution in [2.45, 2.75) is 36.6 Å². The zero-order valence-corrected chi connectivity index (χ0v) is 24.4. The molecule has 0 saturated heterocycles. The van der Waals surface area contributed by atoms with E-state index in [-0.39, 0.29) is 6.04 Å². The largest absolute Gasteiger partial charge is 0.493 e. The molecule has 1 unspecified atom stereocenters. The second kappa shape index (κ2) is 11.6. The van der Waals surface area contributed by atoms with Gasteiger partial charge in [0.2, 0.25) is 11.6 Å². The summed E-state index contributed by atoms with van der Waals surface area (Å²) in [6.45, 7) is 6.72. The normalized spacial score (nSPS) is 15.2. The standard InChI is InChI=1S/C33H33NO5S/c1-20-15-21(2)31(22(3)16-20)23-11-13-25(14-12-23)40(35)30-10-8-7-9-26(30)33-34-27(19-39-33)24-17-28(36-4)32(38-6)29(18-24)37-5/h7-18,27H,19H2,1-6H3/t27-,40?/m1/s1. The molecule has 0 N–H and O–H groups in total. The summed E-state index contributed by atoms with van der Waals surface area (Å²) in [6.07, 6.45) is 0. The fraction of sp³-hybridized carbons (Fsp3) is 0.242. The molecular weight excluding hydrogens is 522 g/mol. The van der Waals surface area contributed by atoms with Crippen LogP contribution in [0.5, 0.6) is 17.2 Å². The lowest BCUT2D eigenvalue weighted by molar-refractivity contribution is 0.312. The van der Waals surface area contributed by atoms with Crippen LogP contribution in [0.1, 0.15) is 33.9 Å². The van der Waals surface area contributed by atoms with Gasteiger partial charge in [-0.1, -0.05) is 42.0 Å². The number of nitrogens with zero attached hydrogens (tertiary/aromatic N) is 1. The van der Waals surface area contributed by atoms with Gasteiger partial charge in [-0.2, -0.15) is 0 Å². The number of aliphatic imine (C=N–C) groups is 1. The van der Waals surface area contributed by atoms with E-state index in [1.165, 1.54) is 22.3 Å². The highest BCUT2D eigenvalue weighted by atomic mass is 32.2. The molecule has 40 heavy (non-hydrogen) atoms. The molecule has 0 aliphatic carbocycles. The summed E-state index contributed by atoms with van der Waals surface area (Å²) in [5.74, 6) is 2.10. The maximum Gasteiger partial charge on any atom is 0.218 e. The predicted molar refractivity (Wildman–Crippen MR) is 159 cm³/mol. The van der Waals surface area contributed by atoms with Crippen LogP contribution in [0.4, 0.5) is 0 Å². The van der Waals surface area contributed by atoms with Crippen LogP contribution in [0.25, 0.3) is 11.1 Å². The van der Waals surface area contributed by atoms with Gasteiger partial charge >= 0.3 is 0 Å². The smallest absolute Gasteiger partial charge is 0.218 e. The Morgan fingerprint density at radius 3 is 2.05 bits per heavy atom. The van der Waals surface area contributed by atoms with Crippen LogP contribution in [0, 0.1) is 20.8 Å². The molecule has 1 aliphatic rings. The molecule has 4 aromatic carbocycles. The lowest BCUT2D eigenvalue weighted by Crippen LogP contribution is -2.07. The second-order valence-corrected chi connectivity index (χ2v) is 11.2. The molecule has 0 amide bonds. The first kappa shape index (κ1) is 27.5. The van der Waals surface area contributed by atoms with Crippen molar-refractivity contribution in [3.05, 3.63) is 101 Å². The maximum absolute atomic E-state index is 13.8. The third kappa shape index (κ3) is 5.21. The van der Waals surface area contributed by atoms with Crippen LogP contribution in [0.3, 0.4) is 0 Å². The number of benzene rings is 4. The highest BCUT2D eigenvalue weighted by Crippen LogP contribution is 2.41. The summed E-state index contributed by atoms with van der Waals surface area (Å²) in [7, 11) is 3.32. The number of hydrogen-bond donors (Lipinski definition) is 0. The predicted octanol–water partition coefficient (Wildman–Crippen LogP) is 6.99. The van der Waals surface area contributed by atoms with Crippen LogP contribution in [-0.4, -0.2) is 38.0 Å². The van der Waals surface area contributed by atoms with Crippen molar-refractivity contribution < 1.29 is 23.2 Å². The summed E-state index contributed by atoms with van der Waals surface area (Å²) in [4.78, 5) is 6.24. The van der Waals surface area contributed by atoms with Crippen molar-refractivity contribution in [1.29, 1.82) is 0 Å². The summed E-state index contributed by atoms with van der Waals surface area (Å²) >= 11 is 0. The SMILES string of the molecule is COc1cc([C@H]2COC(c3ccccc3S(=O)c3ccc(-c4c(C)cc(C)cc4C)cc3)=N2)cc(OC)c1OC. The Kier molecular flexibility index (Phi) is 7.94. The Balaban J connectivity index is 1.45. The molecule has 0 spiro atoms. The Morgan fingerprint density at radius 1 is 0.825 bits per heavy atom. The molecule has 5 rings (SSSR count). The molecule has 2 atom stereocenters. The van der Waals surface area contributed by atoms with E-state index >= 15 is 0 Å². The van der Waals surface area contributed by atoms with Gasteiger partial charge in [0, 0.05) is 4.90 Å². The molecule has 4 aromatic rings. The van der Waals surface area contributed by atoms with Gasteiger partial charge in [-0.3, -0.25) is 0 Å². The minimum atomic E-state index is -1.42. The number of hydrogen-bond acceptors (Lipinski definition) is 6. The fourth-order valence-corrected chi connectivity index (χ4v) is 6.49. The molecule has 7 heteroatoms. The highest BCUT2D eigenvalue weighted by Gasteiger charge is 2.27. The van der Waals surface area contributed by atoms with E-state index in [2.05, 4.69) is 32.9 Å². The average Bonchev–Trinajstić information content (AvgIpc) is 3.46. The van der Waals surface area contributed by atoms with Gasteiger partial charge in [-0.15, -0.1) is 0 Å². The van der Waals surface area contributed by atoms with Crippen molar-refractivity contribution in [2.75, 3.05) is 27.9 Å². The van der Waals surface area contributed by atoms with Gasteiger partial charge in [0.1, 0.15) is 12.6 Å². The molecule has 0 bridgehead atoms. The van der Waals surface area contributed by atoms with Crippen molar-refractivity contribution >= 4 is 16.7 Å². The average molecular weight is 556 g/mol. The van der Waals surface area contributed by atoms with E-state index in [4.69, 9.17) is 23.9 Å². The number of ether oxygens (including phenoxy) is 4. The Bertz CT molecular complexity index is 1560. The van der Waals surface area contributed by atoms with E-state index in [0.717, 1.165) is 16.0 Å². The topological polar surface area (TPSA) is 66.4 Å². The lowest BCUT2D eigenvalue weighted by Gasteiger charge is -2.15. The maximum atomic E-state index is 13.8. The van der Waals surface area contributed by atoms with E-state index in [0.29, 0.717) is 40.2 Å². The quantitative estimate of drug-likeness (QED) is 0.234. The van der Waals surface area contributed by atoms with Gasteiger partial charge in [0.05, 0.1) is 42.6 Å². The first-order valence-electron chi connectivity index (χ1n) is 13.0. The van der Waals surface area contributed by atoms with E-state index in [1.807, 2.05) is 60.7 Å². The molecular formula is C33H33NO5S. The third-order valence-electron chi connectivity index (χ3n) is 7.07. The Hall–Kier alpha value is -4.10. The van der Waals surface area contributed by atoms with Gasteiger partial charge in [0.15, 0.2) is 11.5 Å². The van der Waals surface area contributed by atoms with Crippen LogP contribution in [-0.2, 0) is 15.5 Å². The van der Waals surface area contributed by atoms with Crippen molar-refractivity contribution in [3.8, 4) is 28.4 Å². The molecule has 1 heterocycles. The van der Waals surface area contributed by atoms with Gasteiger partial charge in [-0.25, -0.2) is 9.20 Å². The lowest BCUT2D eigenvalue weighted by atomic mass is 9.94. The zero-order chi connectivity index (χ0) is 28.4. The molecule has 6 nitrogen and oxygen atoms in total. The van der Waals surface area contributed by atoms with E-state index in [9.17, 15) is 4.21 Å².